The number of nitrogens with one attached hydrogen (secondary N) is 1. The van der Waals surface area contributed by atoms with E-state index in [-0.39, 0.29) is 11.9 Å². The average Bonchev–Trinajstić information content (AvgIpc) is 3.15. The van der Waals surface area contributed by atoms with E-state index in [0.29, 0.717) is 0 Å². The van der Waals surface area contributed by atoms with Crippen LogP contribution in [0.1, 0.15) is 31.3 Å². The molecule has 0 unspecified atom stereocenters. The van der Waals surface area contributed by atoms with E-state index in [9.17, 15) is 4.79 Å². The standard InChI is InChI=1S/C18H22N6O/c1-12-9-13(2)23(21-12)10-14(3)24-11-18(20-22-24)16-5-7-17(8-6-16)19-15(4)25/h5-9,11,14H,10H2,1-4H3,(H,19,25)/t14-/m0/s1. The lowest BCUT2D eigenvalue weighted by molar-refractivity contribution is -0.114. The van der Waals surface area contributed by atoms with Crippen molar-refractivity contribution in [2.24, 2.45) is 0 Å². The van der Waals surface area contributed by atoms with Gasteiger partial charge in [-0.05, 0) is 39.0 Å². The number of benzene rings is 1. The molecule has 130 valence electrons. The van der Waals surface area contributed by atoms with Crippen molar-refractivity contribution < 1.29 is 4.79 Å². The van der Waals surface area contributed by atoms with Crippen molar-refractivity contribution in [1.29, 1.82) is 0 Å². The van der Waals surface area contributed by atoms with Crippen LogP contribution < -0.4 is 5.32 Å². The average molecular weight is 338 g/mol. The van der Waals surface area contributed by atoms with Crippen LogP contribution in [0, 0.1) is 13.8 Å². The highest BCUT2D eigenvalue weighted by Gasteiger charge is 2.12. The molecule has 0 bridgehead atoms. The van der Waals surface area contributed by atoms with Gasteiger partial charge < -0.3 is 5.32 Å². The Morgan fingerprint density at radius 1 is 1.24 bits per heavy atom. The molecule has 0 saturated carbocycles. The third-order valence-corrected chi connectivity index (χ3v) is 4.00. The summed E-state index contributed by atoms with van der Waals surface area (Å²) in [6, 6.07) is 9.76. The fourth-order valence-electron chi connectivity index (χ4n) is 2.75. The first-order valence-electron chi connectivity index (χ1n) is 8.23. The molecule has 2 heterocycles. The van der Waals surface area contributed by atoms with Gasteiger partial charge in [-0.15, -0.1) is 5.10 Å². The quantitative estimate of drug-likeness (QED) is 0.776. The number of aromatic nitrogens is 5. The molecule has 1 aromatic carbocycles. The summed E-state index contributed by atoms with van der Waals surface area (Å²) in [7, 11) is 0. The molecule has 0 fully saturated rings. The highest BCUT2D eigenvalue weighted by molar-refractivity contribution is 5.88. The van der Waals surface area contributed by atoms with E-state index >= 15 is 0 Å². The Labute approximate surface area is 146 Å². The Morgan fingerprint density at radius 3 is 2.56 bits per heavy atom. The largest absolute Gasteiger partial charge is 0.326 e. The van der Waals surface area contributed by atoms with Gasteiger partial charge in [0.2, 0.25) is 5.91 Å². The number of carbonyl (C=O) groups is 1. The smallest absolute Gasteiger partial charge is 0.221 e. The van der Waals surface area contributed by atoms with Gasteiger partial charge in [0.25, 0.3) is 0 Å². The zero-order valence-corrected chi connectivity index (χ0v) is 14.9. The van der Waals surface area contributed by atoms with Gasteiger partial charge in [-0.2, -0.15) is 5.10 Å². The number of rotatable bonds is 5. The Kier molecular flexibility index (Phi) is 4.65. The highest BCUT2D eigenvalue weighted by Crippen LogP contribution is 2.20. The second-order valence-electron chi connectivity index (χ2n) is 6.30. The van der Waals surface area contributed by atoms with Gasteiger partial charge in [-0.3, -0.25) is 9.48 Å². The number of anilines is 1. The van der Waals surface area contributed by atoms with Crippen molar-refractivity contribution in [3.63, 3.8) is 0 Å². The van der Waals surface area contributed by atoms with Crippen LogP contribution in [0.5, 0.6) is 0 Å². The van der Waals surface area contributed by atoms with Crippen molar-refractivity contribution in [2.45, 2.75) is 40.3 Å². The maximum absolute atomic E-state index is 11.1. The lowest BCUT2D eigenvalue weighted by atomic mass is 10.1. The SMILES string of the molecule is CC(=O)Nc1ccc(-c2cn([C@@H](C)Cn3nc(C)cc3C)nn2)cc1. The molecule has 0 spiro atoms. The second kappa shape index (κ2) is 6.88. The Bertz CT molecular complexity index is 877. The lowest BCUT2D eigenvalue weighted by Crippen LogP contribution is -2.15. The van der Waals surface area contributed by atoms with Crippen LogP contribution in [0.3, 0.4) is 0 Å². The minimum Gasteiger partial charge on any atom is -0.326 e. The summed E-state index contributed by atoms with van der Waals surface area (Å²) in [5, 5.41) is 15.8. The molecule has 0 aliphatic carbocycles. The molecule has 7 heteroatoms. The van der Waals surface area contributed by atoms with Crippen LogP contribution in [-0.2, 0) is 11.3 Å². The van der Waals surface area contributed by atoms with E-state index in [1.165, 1.54) is 6.92 Å². The molecule has 1 amide bonds. The fraction of sp³-hybridized carbons (Fsp3) is 0.333. The number of nitrogens with zero attached hydrogens (tertiary/aromatic N) is 5. The molecule has 1 N–H and O–H groups in total. The molecule has 0 aliphatic heterocycles. The van der Waals surface area contributed by atoms with Crippen LogP contribution in [0.15, 0.2) is 36.5 Å². The topological polar surface area (TPSA) is 77.6 Å². The van der Waals surface area contributed by atoms with Crippen LogP contribution in [0.25, 0.3) is 11.3 Å². The molecular weight excluding hydrogens is 316 g/mol. The van der Waals surface area contributed by atoms with Gasteiger partial charge in [0, 0.05) is 23.9 Å². The summed E-state index contributed by atoms with van der Waals surface area (Å²) in [5.41, 5.74) is 4.68. The molecule has 1 atom stereocenters. The molecular formula is C18H22N6O. The first-order valence-corrected chi connectivity index (χ1v) is 8.23. The summed E-state index contributed by atoms with van der Waals surface area (Å²) in [6.07, 6.45) is 1.93. The first kappa shape index (κ1) is 16.9. The number of amides is 1. The van der Waals surface area contributed by atoms with Crippen LogP contribution in [0.4, 0.5) is 5.69 Å². The second-order valence-corrected chi connectivity index (χ2v) is 6.30. The van der Waals surface area contributed by atoms with Crippen molar-refractivity contribution in [1.82, 2.24) is 24.8 Å². The minimum atomic E-state index is -0.0864. The van der Waals surface area contributed by atoms with E-state index in [1.54, 1.807) is 0 Å². The molecule has 7 nitrogen and oxygen atoms in total. The van der Waals surface area contributed by atoms with Gasteiger partial charge in [-0.1, -0.05) is 17.3 Å². The molecule has 0 radical (unpaired) electrons. The normalized spacial score (nSPS) is 12.2. The predicted molar refractivity (Wildman–Crippen MR) is 96.2 cm³/mol. The third-order valence-electron chi connectivity index (χ3n) is 4.00. The molecule has 2 aromatic heterocycles. The monoisotopic (exact) mass is 338 g/mol. The zero-order valence-electron chi connectivity index (χ0n) is 14.9. The van der Waals surface area contributed by atoms with Crippen molar-refractivity contribution in [3.8, 4) is 11.3 Å². The van der Waals surface area contributed by atoms with Crippen molar-refractivity contribution >= 4 is 11.6 Å². The van der Waals surface area contributed by atoms with E-state index in [1.807, 2.05) is 46.7 Å². The predicted octanol–water partition coefficient (Wildman–Crippen LogP) is 2.98. The van der Waals surface area contributed by atoms with Gasteiger partial charge in [0.05, 0.1) is 24.5 Å². The van der Waals surface area contributed by atoms with Crippen molar-refractivity contribution in [3.05, 3.63) is 47.9 Å². The number of aryl methyl sites for hydroxylation is 2. The van der Waals surface area contributed by atoms with Crippen LogP contribution in [0.2, 0.25) is 0 Å². The lowest BCUT2D eigenvalue weighted by Gasteiger charge is -2.12. The van der Waals surface area contributed by atoms with Gasteiger partial charge in [0.1, 0.15) is 5.69 Å². The maximum Gasteiger partial charge on any atom is 0.221 e. The Hall–Kier alpha value is -2.96. The third kappa shape index (κ3) is 3.93. The zero-order chi connectivity index (χ0) is 18.0. The molecule has 3 rings (SSSR count). The highest BCUT2D eigenvalue weighted by atomic mass is 16.1. The fourth-order valence-corrected chi connectivity index (χ4v) is 2.75. The van der Waals surface area contributed by atoms with Gasteiger partial charge >= 0.3 is 0 Å². The number of carbonyl (C=O) groups excluding carboxylic acids is 1. The summed E-state index contributed by atoms with van der Waals surface area (Å²) in [5.74, 6) is -0.0864. The summed E-state index contributed by atoms with van der Waals surface area (Å²) in [4.78, 5) is 11.1. The van der Waals surface area contributed by atoms with Gasteiger partial charge in [-0.25, -0.2) is 4.68 Å². The molecule has 3 aromatic rings. The molecule has 25 heavy (non-hydrogen) atoms. The van der Waals surface area contributed by atoms with E-state index in [0.717, 1.165) is 34.9 Å². The Morgan fingerprint density at radius 2 is 1.96 bits per heavy atom. The summed E-state index contributed by atoms with van der Waals surface area (Å²) >= 11 is 0. The van der Waals surface area contributed by atoms with E-state index in [4.69, 9.17) is 0 Å². The van der Waals surface area contributed by atoms with E-state index in [2.05, 4.69) is 40.6 Å². The van der Waals surface area contributed by atoms with Crippen molar-refractivity contribution in [2.75, 3.05) is 5.32 Å². The number of hydrogen-bond donors (Lipinski definition) is 1. The minimum absolute atomic E-state index is 0.0864. The summed E-state index contributed by atoms with van der Waals surface area (Å²) in [6.45, 7) is 8.37. The Balaban J connectivity index is 1.73. The van der Waals surface area contributed by atoms with E-state index < -0.39 is 0 Å². The number of hydrogen-bond acceptors (Lipinski definition) is 4. The maximum atomic E-state index is 11.1. The van der Waals surface area contributed by atoms with Gasteiger partial charge in [0.15, 0.2) is 0 Å². The first-order chi connectivity index (χ1) is 11.9. The molecule has 0 aliphatic rings. The summed E-state index contributed by atoms with van der Waals surface area (Å²) < 4.78 is 3.84. The van der Waals surface area contributed by atoms with Crippen LogP contribution >= 0.6 is 0 Å². The molecule has 0 saturated heterocycles. The van der Waals surface area contributed by atoms with Crippen LogP contribution in [-0.4, -0.2) is 30.7 Å².